The first-order valence-electron chi connectivity index (χ1n) is 6.13. The highest BCUT2D eigenvalue weighted by Gasteiger charge is 2.18. The van der Waals surface area contributed by atoms with E-state index in [9.17, 15) is 8.78 Å². The molecule has 1 unspecified atom stereocenters. The number of halogens is 2. The molecule has 2 N–H and O–H groups in total. The summed E-state index contributed by atoms with van der Waals surface area (Å²) < 4.78 is 30.6. The molecule has 102 valence electrons. The Kier molecular flexibility index (Phi) is 4.55. The lowest BCUT2D eigenvalue weighted by Gasteiger charge is -2.11. The first-order valence-corrected chi connectivity index (χ1v) is 6.90. The van der Waals surface area contributed by atoms with Crippen LogP contribution in [0.25, 0.3) is 0 Å². The summed E-state index contributed by atoms with van der Waals surface area (Å²) >= 11 is 1.22. The maximum Gasteiger partial charge on any atom is 0.162 e. The van der Waals surface area contributed by atoms with Gasteiger partial charge in [0.15, 0.2) is 11.6 Å². The van der Waals surface area contributed by atoms with E-state index in [1.54, 1.807) is 6.07 Å². The van der Waals surface area contributed by atoms with E-state index < -0.39 is 17.7 Å². The average molecular weight is 283 g/mol. The highest BCUT2D eigenvalue weighted by molar-refractivity contribution is 7.05. The molecule has 0 aliphatic heterocycles. The lowest BCUT2D eigenvalue weighted by atomic mass is 10.0. The quantitative estimate of drug-likeness (QED) is 0.917. The number of aromatic nitrogens is 2. The van der Waals surface area contributed by atoms with Gasteiger partial charge < -0.3 is 5.73 Å². The fourth-order valence-electron chi connectivity index (χ4n) is 1.94. The summed E-state index contributed by atoms with van der Waals surface area (Å²) in [6.45, 7) is 2.04. The lowest BCUT2D eigenvalue weighted by molar-refractivity contribution is 0.494. The molecule has 0 aliphatic carbocycles. The summed E-state index contributed by atoms with van der Waals surface area (Å²) in [5.41, 5.74) is 7.20. The molecule has 1 aromatic carbocycles. The molecule has 0 radical (unpaired) electrons. The predicted molar refractivity (Wildman–Crippen MR) is 70.9 cm³/mol. The van der Waals surface area contributed by atoms with Crippen molar-refractivity contribution in [3.05, 3.63) is 46.0 Å². The van der Waals surface area contributed by atoms with Crippen LogP contribution >= 0.6 is 11.5 Å². The largest absolute Gasteiger partial charge is 0.323 e. The molecule has 1 heterocycles. The Bertz CT molecular complexity index is 557. The van der Waals surface area contributed by atoms with Crippen LogP contribution in [0.1, 0.15) is 35.5 Å². The van der Waals surface area contributed by atoms with Crippen LogP contribution in [0.3, 0.4) is 0 Å². The monoisotopic (exact) mass is 283 g/mol. The second-order valence-electron chi connectivity index (χ2n) is 4.36. The number of hydrogen-bond acceptors (Lipinski definition) is 4. The topological polar surface area (TPSA) is 51.8 Å². The van der Waals surface area contributed by atoms with Gasteiger partial charge in [0, 0.05) is 6.04 Å². The summed E-state index contributed by atoms with van der Waals surface area (Å²) in [6, 6.07) is 3.73. The Morgan fingerprint density at radius 2 is 2.16 bits per heavy atom. The standard InChI is InChI=1S/C13H15F2N3S/c1-2-4-11-13(19-18-17-11)10(16)7-8-5-3-6-9(14)12(8)15/h3,5-6,10H,2,4,7,16H2,1H3. The summed E-state index contributed by atoms with van der Waals surface area (Å²) in [5.74, 6) is -1.67. The predicted octanol–water partition coefficient (Wildman–Crippen LogP) is 3.01. The second kappa shape index (κ2) is 6.16. The smallest absolute Gasteiger partial charge is 0.162 e. The van der Waals surface area contributed by atoms with E-state index in [0.717, 1.165) is 29.5 Å². The van der Waals surface area contributed by atoms with Gasteiger partial charge in [-0.2, -0.15) is 0 Å². The molecule has 0 aliphatic rings. The molecule has 0 saturated carbocycles. The minimum Gasteiger partial charge on any atom is -0.323 e. The highest BCUT2D eigenvalue weighted by atomic mass is 32.1. The highest BCUT2D eigenvalue weighted by Crippen LogP contribution is 2.24. The van der Waals surface area contributed by atoms with E-state index in [4.69, 9.17) is 5.73 Å². The Balaban J connectivity index is 2.18. The van der Waals surface area contributed by atoms with Crippen molar-refractivity contribution in [3.8, 4) is 0 Å². The first-order chi connectivity index (χ1) is 9.13. The Hall–Kier alpha value is -1.40. The SMILES string of the molecule is CCCc1nnsc1C(N)Cc1cccc(F)c1F. The van der Waals surface area contributed by atoms with Crippen molar-refractivity contribution in [2.45, 2.75) is 32.2 Å². The van der Waals surface area contributed by atoms with Gasteiger partial charge in [0.05, 0.1) is 10.6 Å². The molecule has 2 aromatic rings. The maximum absolute atomic E-state index is 13.6. The molecule has 0 bridgehead atoms. The molecule has 0 spiro atoms. The van der Waals surface area contributed by atoms with Crippen molar-refractivity contribution < 1.29 is 8.78 Å². The summed E-state index contributed by atoms with van der Waals surface area (Å²) in [7, 11) is 0. The van der Waals surface area contributed by atoms with Crippen LogP contribution in [0.15, 0.2) is 18.2 Å². The van der Waals surface area contributed by atoms with Crippen LogP contribution in [0.4, 0.5) is 8.78 Å². The van der Waals surface area contributed by atoms with Gasteiger partial charge in [0.25, 0.3) is 0 Å². The van der Waals surface area contributed by atoms with Crippen molar-refractivity contribution in [2.75, 3.05) is 0 Å². The molecule has 1 atom stereocenters. The molecule has 0 amide bonds. The van der Waals surface area contributed by atoms with Crippen LogP contribution in [0.2, 0.25) is 0 Å². The average Bonchev–Trinajstić information content (AvgIpc) is 2.84. The minimum absolute atomic E-state index is 0.240. The maximum atomic E-state index is 13.6. The molecule has 1 aromatic heterocycles. The normalized spacial score (nSPS) is 12.6. The minimum atomic E-state index is -0.846. The van der Waals surface area contributed by atoms with E-state index in [1.807, 2.05) is 6.92 Å². The molecule has 2 rings (SSSR count). The third-order valence-electron chi connectivity index (χ3n) is 2.88. The van der Waals surface area contributed by atoms with Crippen molar-refractivity contribution in [1.29, 1.82) is 0 Å². The molecular weight excluding hydrogens is 268 g/mol. The zero-order valence-corrected chi connectivity index (χ0v) is 11.4. The van der Waals surface area contributed by atoms with E-state index in [0.29, 0.717) is 0 Å². The third kappa shape index (κ3) is 3.13. The Labute approximate surface area is 114 Å². The van der Waals surface area contributed by atoms with Crippen molar-refractivity contribution in [3.63, 3.8) is 0 Å². The zero-order chi connectivity index (χ0) is 13.8. The lowest BCUT2D eigenvalue weighted by Crippen LogP contribution is -2.15. The van der Waals surface area contributed by atoms with E-state index in [2.05, 4.69) is 9.59 Å². The molecular formula is C13H15F2N3S. The van der Waals surface area contributed by atoms with E-state index >= 15 is 0 Å². The molecule has 3 nitrogen and oxygen atoms in total. The number of rotatable bonds is 5. The number of aryl methyl sites for hydroxylation is 1. The fourth-order valence-corrected chi connectivity index (χ4v) is 2.64. The van der Waals surface area contributed by atoms with Crippen LogP contribution in [-0.2, 0) is 12.8 Å². The van der Waals surface area contributed by atoms with Crippen molar-refractivity contribution >= 4 is 11.5 Å². The van der Waals surface area contributed by atoms with E-state index in [1.165, 1.54) is 17.6 Å². The van der Waals surface area contributed by atoms with Gasteiger partial charge in [-0.05, 0) is 36.0 Å². The molecule has 6 heteroatoms. The molecule has 19 heavy (non-hydrogen) atoms. The Morgan fingerprint density at radius 3 is 2.89 bits per heavy atom. The van der Waals surface area contributed by atoms with Gasteiger partial charge >= 0.3 is 0 Å². The van der Waals surface area contributed by atoms with Crippen LogP contribution < -0.4 is 5.73 Å². The number of hydrogen-bond donors (Lipinski definition) is 1. The summed E-state index contributed by atoms with van der Waals surface area (Å²) in [5, 5.41) is 4.03. The fraction of sp³-hybridized carbons (Fsp3) is 0.385. The van der Waals surface area contributed by atoms with Crippen LogP contribution in [-0.4, -0.2) is 9.59 Å². The summed E-state index contributed by atoms with van der Waals surface area (Å²) in [4.78, 5) is 0.852. The summed E-state index contributed by atoms with van der Waals surface area (Å²) in [6.07, 6.45) is 1.98. The number of nitrogens with zero attached hydrogens (tertiary/aromatic N) is 2. The molecule has 0 fully saturated rings. The third-order valence-corrected chi connectivity index (χ3v) is 3.78. The number of benzene rings is 1. The van der Waals surface area contributed by atoms with E-state index in [-0.39, 0.29) is 12.0 Å². The van der Waals surface area contributed by atoms with Crippen LogP contribution in [0, 0.1) is 11.6 Å². The zero-order valence-electron chi connectivity index (χ0n) is 10.6. The first kappa shape index (κ1) is 14.0. The van der Waals surface area contributed by atoms with Gasteiger partial charge in [-0.15, -0.1) is 5.10 Å². The second-order valence-corrected chi connectivity index (χ2v) is 5.14. The Morgan fingerprint density at radius 1 is 1.37 bits per heavy atom. The van der Waals surface area contributed by atoms with Gasteiger partial charge in [0.2, 0.25) is 0 Å². The molecule has 0 saturated heterocycles. The van der Waals surface area contributed by atoms with Gasteiger partial charge in [-0.25, -0.2) is 8.78 Å². The van der Waals surface area contributed by atoms with Crippen molar-refractivity contribution in [2.24, 2.45) is 5.73 Å². The van der Waals surface area contributed by atoms with Gasteiger partial charge in [-0.3, -0.25) is 0 Å². The number of nitrogens with two attached hydrogens (primary N) is 1. The van der Waals surface area contributed by atoms with Crippen molar-refractivity contribution in [1.82, 2.24) is 9.59 Å². The van der Waals surface area contributed by atoms with Crippen LogP contribution in [0.5, 0.6) is 0 Å². The van der Waals surface area contributed by atoms with Gasteiger partial charge in [0.1, 0.15) is 0 Å². The van der Waals surface area contributed by atoms with Gasteiger partial charge in [-0.1, -0.05) is 30.0 Å².